The van der Waals surface area contributed by atoms with Crippen molar-refractivity contribution in [3.05, 3.63) is 71.9 Å². The van der Waals surface area contributed by atoms with Crippen molar-refractivity contribution < 1.29 is 9.53 Å². The molecule has 0 unspecified atom stereocenters. The third kappa shape index (κ3) is 4.06. The van der Waals surface area contributed by atoms with Gasteiger partial charge in [0.25, 0.3) is 11.9 Å². The van der Waals surface area contributed by atoms with E-state index in [2.05, 4.69) is 15.3 Å². The van der Waals surface area contributed by atoms with Gasteiger partial charge in [0, 0.05) is 11.1 Å². The molecule has 1 aliphatic heterocycles. The normalized spacial score (nSPS) is 16.0. The van der Waals surface area contributed by atoms with E-state index in [-0.39, 0.29) is 18.0 Å². The van der Waals surface area contributed by atoms with Crippen LogP contribution < -0.4 is 11.1 Å². The molecule has 6 nitrogen and oxygen atoms in total. The predicted molar refractivity (Wildman–Crippen MR) is 106 cm³/mol. The third-order valence-corrected chi connectivity index (χ3v) is 4.54. The molecule has 0 spiro atoms. The van der Waals surface area contributed by atoms with E-state index < -0.39 is 0 Å². The fraction of sp³-hybridized carbons (Fsp3) is 0.190. The number of aromatic nitrogens is 1. The summed E-state index contributed by atoms with van der Waals surface area (Å²) in [5.74, 6) is -0.221. The zero-order valence-corrected chi connectivity index (χ0v) is 14.8. The summed E-state index contributed by atoms with van der Waals surface area (Å²) in [6.45, 7) is 0.554. The molecule has 0 bridgehead atoms. The number of pyridine rings is 1. The molecule has 1 atom stereocenters. The number of benzene rings is 2. The molecular weight excluding hydrogens is 340 g/mol. The average molecular weight is 360 g/mol. The smallest absolute Gasteiger partial charge is 0.282 e. The van der Waals surface area contributed by atoms with Crippen LogP contribution in [0.5, 0.6) is 0 Å². The van der Waals surface area contributed by atoms with Gasteiger partial charge in [0.2, 0.25) is 0 Å². The average Bonchev–Trinajstić information content (AvgIpc) is 3.12. The summed E-state index contributed by atoms with van der Waals surface area (Å²) in [5, 5.41) is 3.90. The first-order chi connectivity index (χ1) is 13.2. The number of aryl methyl sites for hydroxylation is 1. The minimum absolute atomic E-state index is 0.128. The number of hydrogen-bond acceptors (Lipinski definition) is 5. The zero-order chi connectivity index (χ0) is 18.6. The molecule has 1 aliphatic rings. The first-order valence-electron chi connectivity index (χ1n) is 8.89. The van der Waals surface area contributed by atoms with Gasteiger partial charge in [0.15, 0.2) is 0 Å². The second kappa shape index (κ2) is 7.45. The van der Waals surface area contributed by atoms with Crippen LogP contribution in [0.15, 0.2) is 65.7 Å². The highest BCUT2D eigenvalue weighted by molar-refractivity contribution is 6.04. The Labute approximate surface area is 157 Å². The standard InChI is InChI=1S/C21H20N4O2/c22-21-24-17(13-27-21)11-7-14-5-9-16(10-6-14)23-20(26)19-12-8-15-3-1-2-4-18(15)25-19/h1-6,8-10,12,17H,7,11,13H2,(H2,22,24)(H,23,26)/t17-/m0/s1. The molecule has 27 heavy (non-hydrogen) atoms. The highest BCUT2D eigenvalue weighted by Gasteiger charge is 2.16. The van der Waals surface area contributed by atoms with E-state index in [0.29, 0.717) is 12.3 Å². The van der Waals surface area contributed by atoms with Crippen LogP contribution in [-0.4, -0.2) is 29.6 Å². The molecule has 2 aromatic carbocycles. The van der Waals surface area contributed by atoms with Crippen LogP contribution in [0.1, 0.15) is 22.5 Å². The zero-order valence-electron chi connectivity index (χ0n) is 14.8. The van der Waals surface area contributed by atoms with Gasteiger partial charge in [-0.25, -0.2) is 9.98 Å². The summed E-state index contributed by atoms with van der Waals surface area (Å²) in [7, 11) is 0. The number of nitrogens with zero attached hydrogens (tertiary/aromatic N) is 2. The maximum absolute atomic E-state index is 12.5. The number of anilines is 1. The van der Waals surface area contributed by atoms with Crippen molar-refractivity contribution in [1.29, 1.82) is 0 Å². The second-order valence-corrected chi connectivity index (χ2v) is 6.51. The summed E-state index contributed by atoms with van der Waals surface area (Å²) in [6.07, 6.45) is 1.76. The first-order valence-corrected chi connectivity index (χ1v) is 8.89. The van der Waals surface area contributed by atoms with Crippen LogP contribution in [0.25, 0.3) is 10.9 Å². The van der Waals surface area contributed by atoms with E-state index in [4.69, 9.17) is 10.5 Å². The molecule has 0 saturated heterocycles. The molecule has 0 fully saturated rings. The van der Waals surface area contributed by atoms with Crippen LogP contribution in [0, 0.1) is 0 Å². The van der Waals surface area contributed by atoms with Gasteiger partial charge in [-0.3, -0.25) is 4.79 Å². The molecule has 136 valence electrons. The molecule has 0 aliphatic carbocycles. The molecule has 0 saturated carbocycles. The number of hydrogen-bond donors (Lipinski definition) is 2. The lowest BCUT2D eigenvalue weighted by Gasteiger charge is -2.08. The largest absolute Gasteiger partial charge is 0.463 e. The quantitative estimate of drug-likeness (QED) is 0.731. The van der Waals surface area contributed by atoms with Crippen molar-refractivity contribution in [3.63, 3.8) is 0 Å². The number of carbonyl (C=O) groups is 1. The van der Waals surface area contributed by atoms with Crippen LogP contribution in [0.2, 0.25) is 0 Å². The van der Waals surface area contributed by atoms with Gasteiger partial charge in [0.05, 0.1) is 11.6 Å². The van der Waals surface area contributed by atoms with Crippen molar-refractivity contribution in [2.75, 3.05) is 11.9 Å². The van der Waals surface area contributed by atoms with E-state index in [1.165, 1.54) is 5.56 Å². The minimum atomic E-state index is -0.221. The maximum atomic E-state index is 12.5. The Balaban J connectivity index is 1.37. The number of carbonyl (C=O) groups excluding carboxylic acids is 1. The Morgan fingerprint density at radius 3 is 2.70 bits per heavy atom. The molecule has 1 amide bonds. The fourth-order valence-electron chi connectivity index (χ4n) is 3.06. The monoisotopic (exact) mass is 360 g/mol. The van der Waals surface area contributed by atoms with Gasteiger partial charge < -0.3 is 15.8 Å². The maximum Gasteiger partial charge on any atom is 0.282 e. The molecular formula is C21H20N4O2. The number of rotatable bonds is 5. The number of amidine groups is 1. The first kappa shape index (κ1) is 17.0. The van der Waals surface area contributed by atoms with E-state index in [1.807, 2.05) is 54.6 Å². The van der Waals surface area contributed by atoms with Crippen molar-refractivity contribution >= 4 is 28.5 Å². The number of fused-ring (bicyclic) bond motifs is 1. The van der Waals surface area contributed by atoms with E-state index >= 15 is 0 Å². The van der Waals surface area contributed by atoms with E-state index in [1.54, 1.807) is 6.07 Å². The number of amides is 1. The number of nitrogens with one attached hydrogen (secondary N) is 1. The molecule has 2 heterocycles. The van der Waals surface area contributed by atoms with Crippen LogP contribution in [0.3, 0.4) is 0 Å². The van der Waals surface area contributed by atoms with Crippen molar-refractivity contribution in [2.24, 2.45) is 10.7 Å². The third-order valence-electron chi connectivity index (χ3n) is 4.54. The Kier molecular flexibility index (Phi) is 4.70. The Hall–Kier alpha value is -3.41. The van der Waals surface area contributed by atoms with Crippen LogP contribution >= 0.6 is 0 Å². The highest BCUT2D eigenvalue weighted by atomic mass is 16.5. The summed E-state index contributed by atoms with van der Waals surface area (Å²) in [6, 6.07) is 19.6. The van der Waals surface area contributed by atoms with Crippen LogP contribution in [-0.2, 0) is 11.2 Å². The number of aliphatic imine (C=N–C) groups is 1. The van der Waals surface area contributed by atoms with Gasteiger partial charge in [-0.2, -0.15) is 0 Å². The van der Waals surface area contributed by atoms with Gasteiger partial charge in [-0.15, -0.1) is 0 Å². The topological polar surface area (TPSA) is 89.6 Å². The van der Waals surface area contributed by atoms with Crippen molar-refractivity contribution in [1.82, 2.24) is 4.98 Å². The van der Waals surface area contributed by atoms with Gasteiger partial charge in [-0.05, 0) is 42.7 Å². The fourth-order valence-corrected chi connectivity index (χ4v) is 3.06. The molecule has 3 N–H and O–H groups in total. The summed E-state index contributed by atoms with van der Waals surface area (Å²) in [5.41, 5.74) is 8.64. The lowest BCUT2D eigenvalue weighted by Crippen LogP contribution is -2.13. The molecule has 6 heteroatoms. The van der Waals surface area contributed by atoms with E-state index in [0.717, 1.165) is 29.4 Å². The molecule has 4 rings (SSSR count). The van der Waals surface area contributed by atoms with Crippen molar-refractivity contribution in [3.8, 4) is 0 Å². The molecule has 1 aromatic heterocycles. The Morgan fingerprint density at radius 1 is 1.11 bits per heavy atom. The molecule has 3 aromatic rings. The number of nitrogens with two attached hydrogens (primary N) is 1. The van der Waals surface area contributed by atoms with Crippen molar-refractivity contribution in [2.45, 2.75) is 18.9 Å². The van der Waals surface area contributed by atoms with Gasteiger partial charge in [0.1, 0.15) is 12.3 Å². The Bertz CT molecular complexity index is 998. The number of ether oxygens (including phenoxy) is 1. The lowest BCUT2D eigenvalue weighted by molar-refractivity contribution is 0.102. The summed E-state index contributed by atoms with van der Waals surface area (Å²) in [4.78, 5) is 21.1. The molecule has 0 radical (unpaired) electrons. The predicted octanol–water partition coefficient (Wildman–Crippen LogP) is 3.13. The van der Waals surface area contributed by atoms with Gasteiger partial charge in [-0.1, -0.05) is 36.4 Å². The summed E-state index contributed by atoms with van der Waals surface area (Å²) < 4.78 is 5.16. The Morgan fingerprint density at radius 2 is 1.93 bits per heavy atom. The number of para-hydroxylation sites is 1. The van der Waals surface area contributed by atoms with E-state index in [9.17, 15) is 4.79 Å². The second-order valence-electron chi connectivity index (χ2n) is 6.51. The summed E-state index contributed by atoms with van der Waals surface area (Å²) >= 11 is 0. The van der Waals surface area contributed by atoms with Crippen LogP contribution in [0.4, 0.5) is 5.69 Å². The SMILES string of the molecule is NC1=N[C@@H](CCc2ccc(NC(=O)c3ccc4ccccc4n3)cc2)CO1. The lowest BCUT2D eigenvalue weighted by atomic mass is 10.1. The highest BCUT2D eigenvalue weighted by Crippen LogP contribution is 2.16. The van der Waals surface area contributed by atoms with Gasteiger partial charge >= 0.3 is 0 Å². The minimum Gasteiger partial charge on any atom is -0.463 e.